The van der Waals surface area contributed by atoms with Gasteiger partial charge in [-0.3, -0.25) is 0 Å². The second-order valence-corrected chi connectivity index (χ2v) is 5.82. The number of nitrogens with zero attached hydrogens (tertiary/aromatic N) is 6. The van der Waals surface area contributed by atoms with Gasteiger partial charge in [0, 0.05) is 32.5 Å². The summed E-state index contributed by atoms with van der Waals surface area (Å²) in [6, 6.07) is 1.86. The maximum absolute atomic E-state index is 4.60. The molecule has 1 saturated heterocycles. The van der Waals surface area contributed by atoms with E-state index in [4.69, 9.17) is 0 Å². The Bertz CT molecular complexity index is 612. The van der Waals surface area contributed by atoms with Crippen molar-refractivity contribution in [3.63, 3.8) is 0 Å². The second-order valence-electron chi connectivity index (χ2n) is 5.82. The average Bonchev–Trinajstić information content (AvgIpc) is 3.22. The highest BCUT2D eigenvalue weighted by Gasteiger charge is 2.37. The van der Waals surface area contributed by atoms with Gasteiger partial charge in [0.2, 0.25) is 11.9 Å². The van der Waals surface area contributed by atoms with Crippen molar-refractivity contribution >= 4 is 11.9 Å². The third kappa shape index (κ3) is 2.22. The predicted molar refractivity (Wildman–Crippen MR) is 79.5 cm³/mol. The molecule has 2 aromatic rings. The minimum atomic E-state index is 0.561. The minimum absolute atomic E-state index is 0.561. The van der Waals surface area contributed by atoms with Crippen molar-refractivity contribution in [3.05, 3.63) is 18.5 Å². The lowest BCUT2D eigenvalue weighted by atomic mass is 10.0. The average molecular weight is 285 g/mol. The van der Waals surface area contributed by atoms with Gasteiger partial charge in [0.25, 0.3) is 5.95 Å². The monoisotopic (exact) mass is 285 g/mol. The van der Waals surface area contributed by atoms with Crippen molar-refractivity contribution in [2.75, 3.05) is 30.4 Å². The Balaban J connectivity index is 1.67. The highest BCUT2D eigenvalue weighted by Crippen LogP contribution is 2.38. The summed E-state index contributed by atoms with van der Waals surface area (Å²) in [4.78, 5) is 15.8. The molecule has 0 radical (unpaired) electrons. The Morgan fingerprint density at radius 1 is 1.10 bits per heavy atom. The van der Waals surface area contributed by atoms with Crippen LogP contribution in [-0.4, -0.2) is 44.9 Å². The highest BCUT2D eigenvalue weighted by atomic mass is 15.4. The Labute approximate surface area is 123 Å². The molecule has 0 bridgehead atoms. The third-order valence-corrected chi connectivity index (χ3v) is 4.55. The van der Waals surface area contributed by atoms with Crippen LogP contribution in [-0.2, 0) is 0 Å². The van der Waals surface area contributed by atoms with Gasteiger partial charge in [-0.15, -0.1) is 0 Å². The maximum atomic E-state index is 4.60. The van der Waals surface area contributed by atoms with Crippen LogP contribution in [0.5, 0.6) is 0 Å². The van der Waals surface area contributed by atoms with Crippen molar-refractivity contribution in [2.45, 2.75) is 19.3 Å². The van der Waals surface area contributed by atoms with Gasteiger partial charge >= 0.3 is 0 Å². The first-order valence-corrected chi connectivity index (χ1v) is 7.52. The molecular weight excluding hydrogens is 266 g/mol. The zero-order valence-corrected chi connectivity index (χ0v) is 12.1. The molecule has 1 saturated carbocycles. The molecular formula is C14H19N7. The van der Waals surface area contributed by atoms with Crippen molar-refractivity contribution < 1.29 is 0 Å². The van der Waals surface area contributed by atoms with Crippen LogP contribution in [0.1, 0.15) is 19.3 Å². The highest BCUT2D eigenvalue weighted by molar-refractivity contribution is 5.41. The van der Waals surface area contributed by atoms with Gasteiger partial charge < -0.3 is 10.2 Å². The van der Waals surface area contributed by atoms with Crippen LogP contribution < -0.4 is 10.2 Å². The summed E-state index contributed by atoms with van der Waals surface area (Å²) in [6.45, 7) is 2.13. The van der Waals surface area contributed by atoms with Crippen molar-refractivity contribution in [1.82, 2.24) is 24.7 Å². The lowest BCUT2D eigenvalue weighted by molar-refractivity contribution is 0.494. The smallest absolute Gasteiger partial charge is 0.257 e. The molecule has 7 nitrogen and oxygen atoms in total. The second kappa shape index (κ2) is 4.98. The fraction of sp³-hybridized carbons (Fsp3) is 0.571. The lowest BCUT2D eigenvalue weighted by Gasteiger charge is -2.18. The number of aromatic nitrogens is 5. The van der Waals surface area contributed by atoms with E-state index in [0.717, 1.165) is 30.9 Å². The summed E-state index contributed by atoms with van der Waals surface area (Å²) in [5, 5.41) is 7.22. The number of hydrogen-bond donors (Lipinski definition) is 1. The normalized spacial score (nSPS) is 24.3. The standard InChI is InChI=1S/C14H19N7/c1-15-12-17-13(19-14(18-12)21-7-3-6-16-21)20-8-10-4-2-5-11(10)9-20/h3,6-7,10-11H,2,4-5,8-9H2,1H3,(H,15,17,18,19). The van der Waals surface area contributed by atoms with E-state index in [2.05, 4.69) is 30.3 Å². The summed E-state index contributed by atoms with van der Waals surface area (Å²) < 4.78 is 1.67. The lowest BCUT2D eigenvalue weighted by Crippen LogP contribution is -2.24. The van der Waals surface area contributed by atoms with Gasteiger partial charge in [-0.2, -0.15) is 20.1 Å². The summed E-state index contributed by atoms with van der Waals surface area (Å²) in [5.41, 5.74) is 0. The quantitative estimate of drug-likeness (QED) is 0.917. The Morgan fingerprint density at radius 3 is 2.52 bits per heavy atom. The SMILES string of the molecule is CNc1nc(N2CC3CCCC3C2)nc(-n2cccn2)n1. The van der Waals surface area contributed by atoms with Crippen molar-refractivity contribution in [1.29, 1.82) is 0 Å². The van der Waals surface area contributed by atoms with E-state index >= 15 is 0 Å². The Hall–Kier alpha value is -2.18. The molecule has 3 heterocycles. The number of fused-ring (bicyclic) bond motifs is 1. The van der Waals surface area contributed by atoms with Crippen molar-refractivity contribution in [3.8, 4) is 5.95 Å². The van der Waals surface area contributed by atoms with Crippen LogP contribution in [0.4, 0.5) is 11.9 Å². The van der Waals surface area contributed by atoms with Gasteiger partial charge in [0.05, 0.1) is 0 Å². The molecule has 110 valence electrons. The van der Waals surface area contributed by atoms with Crippen LogP contribution >= 0.6 is 0 Å². The van der Waals surface area contributed by atoms with Crippen LogP contribution in [0.25, 0.3) is 5.95 Å². The molecule has 7 heteroatoms. The molecule has 1 N–H and O–H groups in total. The molecule has 0 spiro atoms. The van der Waals surface area contributed by atoms with E-state index in [9.17, 15) is 0 Å². The van der Waals surface area contributed by atoms with Gasteiger partial charge in [-0.25, -0.2) is 4.68 Å². The van der Waals surface area contributed by atoms with Gasteiger partial charge in [-0.05, 0) is 30.7 Å². The van der Waals surface area contributed by atoms with Crippen LogP contribution in [0, 0.1) is 11.8 Å². The first-order chi connectivity index (χ1) is 10.3. The van der Waals surface area contributed by atoms with E-state index in [1.807, 2.05) is 19.3 Å². The molecule has 2 aromatic heterocycles. The van der Waals surface area contributed by atoms with E-state index in [1.165, 1.54) is 19.3 Å². The molecule has 0 aromatic carbocycles. The van der Waals surface area contributed by atoms with E-state index in [1.54, 1.807) is 10.9 Å². The van der Waals surface area contributed by atoms with E-state index < -0.39 is 0 Å². The van der Waals surface area contributed by atoms with Crippen LogP contribution in [0.15, 0.2) is 18.5 Å². The minimum Gasteiger partial charge on any atom is -0.357 e. The maximum Gasteiger partial charge on any atom is 0.257 e. The number of rotatable bonds is 3. The number of hydrogen-bond acceptors (Lipinski definition) is 6. The van der Waals surface area contributed by atoms with E-state index in [-0.39, 0.29) is 0 Å². The van der Waals surface area contributed by atoms with Crippen molar-refractivity contribution in [2.24, 2.45) is 11.8 Å². The van der Waals surface area contributed by atoms with Gasteiger partial charge in [0.1, 0.15) is 0 Å². The molecule has 2 aliphatic rings. The number of anilines is 2. The molecule has 2 fully saturated rings. The van der Waals surface area contributed by atoms with Crippen LogP contribution in [0.2, 0.25) is 0 Å². The summed E-state index contributed by atoms with van der Waals surface area (Å²) in [7, 11) is 1.82. The summed E-state index contributed by atoms with van der Waals surface area (Å²) in [6.07, 6.45) is 7.63. The molecule has 1 aliphatic heterocycles. The summed E-state index contributed by atoms with van der Waals surface area (Å²) in [5.74, 6) is 3.53. The zero-order chi connectivity index (χ0) is 14.2. The van der Waals surface area contributed by atoms with Gasteiger partial charge in [-0.1, -0.05) is 6.42 Å². The Morgan fingerprint density at radius 2 is 1.86 bits per heavy atom. The predicted octanol–water partition coefficient (Wildman–Crippen LogP) is 1.34. The first-order valence-electron chi connectivity index (χ1n) is 7.52. The third-order valence-electron chi connectivity index (χ3n) is 4.55. The van der Waals surface area contributed by atoms with Gasteiger partial charge in [0.15, 0.2) is 0 Å². The fourth-order valence-electron chi connectivity index (χ4n) is 3.50. The molecule has 2 unspecified atom stereocenters. The fourth-order valence-corrected chi connectivity index (χ4v) is 3.50. The molecule has 4 rings (SSSR count). The summed E-state index contributed by atoms with van der Waals surface area (Å²) >= 11 is 0. The first kappa shape index (κ1) is 12.6. The zero-order valence-electron chi connectivity index (χ0n) is 12.1. The largest absolute Gasteiger partial charge is 0.357 e. The molecule has 1 aliphatic carbocycles. The Kier molecular flexibility index (Phi) is 2.98. The molecule has 0 amide bonds. The van der Waals surface area contributed by atoms with Crippen LogP contribution in [0.3, 0.4) is 0 Å². The topological polar surface area (TPSA) is 71.8 Å². The number of nitrogens with one attached hydrogen (secondary N) is 1. The van der Waals surface area contributed by atoms with E-state index in [0.29, 0.717) is 11.9 Å². The molecule has 2 atom stereocenters. The molecule has 21 heavy (non-hydrogen) atoms.